The summed E-state index contributed by atoms with van der Waals surface area (Å²) in [6.07, 6.45) is 3.60. The van der Waals surface area contributed by atoms with E-state index in [0.717, 1.165) is 22.7 Å². The van der Waals surface area contributed by atoms with Crippen molar-refractivity contribution in [1.29, 1.82) is 0 Å². The van der Waals surface area contributed by atoms with Gasteiger partial charge in [0, 0.05) is 30.3 Å². The Morgan fingerprint density at radius 3 is 3.06 bits per heavy atom. The molecule has 1 fully saturated rings. The van der Waals surface area contributed by atoms with Gasteiger partial charge in [-0.3, -0.25) is 9.78 Å². The van der Waals surface area contributed by atoms with Crippen LogP contribution in [0.1, 0.15) is 20.6 Å². The molecule has 0 N–H and O–H groups in total. The van der Waals surface area contributed by atoms with E-state index in [0.29, 0.717) is 0 Å². The van der Waals surface area contributed by atoms with Gasteiger partial charge in [0.05, 0.1) is 4.88 Å². The molecule has 1 aliphatic rings. The molecule has 2 aromatic rings. The maximum atomic E-state index is 12.4. The Hall–Kier alpha value is -1.33. The first-order valence-electron chi connectivity index (χ1n) is 5.72. The second-order valence-electron chi connectivity index (χ2n) is 3.99. The molecule has 92 valence electrons. The van der Waals surface area contributed by atoms with Gasteiger partial charge in [-0.1, -0.05) is 12.1 Å². The van der Waals surface area contributed by atoms with Crippen LogP contribution in [0, 0.1) is 0 Å². The van der Waals surface area contributed by atoms with Crippen LogP contribution in [0.2, 0.25) is 0 Å². The van der Waals surface area contributed by atoms with Crippen molar-refractivity contribution in [2.24, 2.45) is 0 Å². The van der Waals surface area contributed by atoms with E-state index < -0.39 is 0 Å². The fourth-order valence-electron chi connectivity index (χ4n) is 2.02. The number of carbonyl (C=O) groups excluding carboxylic acids is 1. The summed E-state index contributed by atoms with van der Waals surface area (Å²) in [5.74, 6) is 1.11. The van der Waals surface area contributed by atoms with Gasteiger partial charge in [-0.2, -0.15) is 0 Å². The number of thiophene rings is 1. The molecule has 2 aromatic heterocycles. The monoisotopic (exact) mass is 276 g/mol. The zero-order chi connectivity index (χ0) is 12.4. The minimum atomic E-state index is 0.105. The van der Waals surface area contributed by atoms with Crippen molar-refractivity contribution in [3.8, 4) is 0 Å². The van der Waals surface area contributed by atoms with Crippen molar-refractivity contribution in [3.63, 3.8) is 0 Å². The highest BCUT2D eigenvalue weighted by molar-refractivity contribution is 7.99. The van der Waals surface area contributed by atoms with Gasteiger partial charge in [-0.05, 0) is 17.5 Å². The number of amides is 1. The maximum absolute atomic E-state index is 12.4. The van der Waals surface area contributed by atoms with Crippen LogP contribution in [0.3, 0.4) is 0 Å². The lowest BCUT2D eigenvalue weighted by Crippen LogP contribution is -2.29. The van der Waals surface area contributed by atoms with Crippen LogP contribution in [0.5, 0.6) is 0 Å². The third kappa shape index (κ3) is 2.15. The highest BCUT2D eigenvalue weighted by Crippen LogP contribution is 2.38. The first-order chi connectivity index (χ1) is 8.86. The van der Waals surface area contributed by atoms with E-state index in [-0.39, 0.29) is 11.3 Å². The Morgan fingerprint density at radius 1 is 1.39 bits per heavy atom. The van der Waals surface area contributed by atoms with E-state index in [2.05, 4.69) is 4.98 Å². The Morgan fingerprint density at radius 2 is 2.33 bits per heavy atom. The number of rotatable bonds is 2. The summed E-state index contributed by atoms with van der Waals surface area (Å²) < 4.78 is 0. The average molecular weight is 276 g/mol. The topological polar surface area (TPSA) is 33.2 Å². The fraction of sp³-hybridized carbons (Fsp3) is 0.231. The zero-order valence-electron chi connectivity index (χ0n) is 9.65. The van der Waals surface area contributed by atoms with Gasteiger partial charge in [0.2, 0.25) is 0 Å². The SMILES string of the molecule is O=C(c1cccs1)N1CCSC1c1cccnc1. The van der Waals surface area contributed by atoms with Crippen LogP contribution in [0.15, 0.2) is 42.0 Å². The lowest BCUT2D eigenvalue weighted by atomic mass is 10.2. The summed E-state index contributed by atoms with van der Waals surface area (Å²) in [4.78, 5) is 19.3. The smallest absolute Gasteiger partial charge is 0.265 e. The first kappa shape index (κ1) is 11.7. The maximum Gasteiger partial charge on any atom is 0.265 e. The third-order valence-electron chi connectivity index (χ3n) is 2.85. The van der Waals surface area contributed by atoms with Crippen LogP contribution in [0.25, 0.3) is 0 Å². The van der Waals surface area contributed by atoms with Crippen molar-refractivity contribution >= 4 is 29.0 Å². The van der Waals surface area contributed by atoms with Crippen LogP contribution in [0.4, 0.5) is 0 Å². The minimum absolute atomic E-state index is 0.105. The largest absolute Gasteiger partial charge is 0.321 e. The molecule has 1 unspecified atom stereocenters. The second-order valence-corrected chi connectivity index (χ2v) is 6.12. The van der Waals surface area contributed by atoms with Crippen LogP contribution >= 0.6 is 23.1 Å². The van der Waals surface area contributed by atoms with Crippen molar-refractivity contribution < 1.29 is 4.79 Å². The molecule has 18 heavy (non-hydrogen) atoms. The number of aromatic nitrogens is 1. The van der Waals surface area contributed by atoms with Gasteiger partial charge in [0.15, 0.2) is 0 Å². The molecule has 0 spiro atoms. The van der Waals surface area contributed by atoms with Gasteiger partial charge < -0.3 is 4.90 Å². The first-order valence-corrected chi connectivity index (χ1v) is 7.65. The van der Waals surface area contributed by atoms with Gasteiger partial charge in [-0.25, -0.2) is 0 Å². The van der Waals surface area contributed by atoms with E-state index in [4.69, 9.17) is 0 Å². The molecule has 0 bridgehead atoms. The lowest BCUT2D eigenvalue weighted by molar-refractivity contribution is 0.0765. The molecule has 0 aromatic carbocycles. The summed E-state index contributed by atoms with van der Waals surface area (Å²) in [5, 5.41) is 2.04. The molecule has 1 atom stereocenters. The predicted octanol–water partition coefficient (Wildman–Crippen LogP) is 3.03. The molecule has 0 saturated carbocycles. The quantitative estimate of drug-likeness (QED) is 0.845. The average Bonchev–Trinajstić information content (AvgIpc) is 3.10. The van der Waals surface area contributed by atoms with E-state index in [1.54, 1.807) is 18.0 Å². The van der Waals surface area contributed by atoms with Crippen molar-refractivity contribution in [2.75, 3.05) is 12.3 Å². The fourth-order valence-corrected chi connectivity index (χ4v) is 3.94. The molecule has 3 rings (SSSR count). The Kier molecular flexibility index (Phi) is 3.34. The van der Waals surface area contributed by atoms with Crippen LogP contribution in [-0.4, -0.2) is 28.1 Å². The molecular formula is C13H12N2OS2. The second kappa shape index (κ2) is 5.12. The van der Waals surface area contributed by atoms with Gasteiger partial charge in [0.25, 0.3) is 5.91 Å². The molecule has 1 amide bonds. The van der Waals surface area contributed by atoms with E-state index in [1.165, 1.54) is 11.3 Å². The summed E-state index contributed by atoms with van der Waals surface area (Å²) in [7, 11) is 0. The van der Waals surface area contributed by atoms with E-state index >= 15 is 0 Å². The van der Waals surface area contributed by atoms with Gasteiger partial charge >= 0.3 is 0 Å². The Balaban J connectivity index is 1.86. The van der Waals surface area contributed by atoms with E-state index in [9.17, 15) is 4.79 Å². The van der Waals surface area contributed by atoms with E-state index in [1.807, 2.05) is 40.7 Å². The number of carbonyl (C=O) groups is 1. The number of hydrogen-bond donors (Lipinski definition) is 0. The standard InChI is InChI=1S/C13H12N2OS2/c16-12(11-4-2-7-17-11)15-6-8-18-13(15)10-3-1-5-14-9-10/h1-5,7,9,13H,6,8H2. The number of thioether (sulfide) groups is 1. The Labute approximate surface area is 114 Å². The normalized spacial score (nSPS) is 19.1. The van der Waals surface area contributed by atoms with Gasteiger partial charge in [0.1, 0.15) is 5.37 Å². The molecule has 0 radical (unpaired) electrons. The molecule has 1 aliphatic heterocycles. The molecule has 0 aliphatic carbocycles. The predicted molar refractivity (Wildman–Crippen MR) is 74.8 cm³/mol. The number of pyridine rings is 1. The Bertz CT molecular complexity index is 527. The zero-order valence-corrected chi connectivity index (χ0v) is 11.3. The lowest BCUT2D eigenvalue weighted by Gasteiger charge is -2.23. The number of hydrogen-bond acceptors (Lipinski definition) is 4. The highest BCUT2D eigenvalue weighted by atomic mass is 32.2. The summed E-state index contributed by atoms with van der Waals surface area (Å²) in [6, 6.07) is 7.75. The van der Waals surface area contributed by atoms with Crippen LogP contribution in [-0.2, 0) is 0 Å². The summed E-state index contributed by atoms with van der Waals surface area (Å²) in [5.41, 5.74) is 1.10. The summed E-state index contributed by atoms with van der Waals surface area (Å²) in [6.45, 7) is 0.807. The van der Waals surface area contributed by atoms with Crippen molar-refractivity contribution in [1.82, 2.24) is 9.88 Å². The van der Waals surface area contributed by atoms with Crippen LogP contribution < -0.4 is 0 Å². The molecular weight excluding hydrogens is 264 g/mol. The number of nitrogens with zero attached hydrogens (tertiary/aromatic N) is 2. The summed E-state index contributed by atoms with van der Waals surface area (Å²) >= 11 is 3.30. The van der Waals surface area contributed by atoms with Crippen molar-refractivity contribution in [2.45, 2.75) is 5.37 Å². The molecule has 5 heteroatoms. The van der Waals surface area contributed by atoms with Crippen molar-refractivity contribution in [3.05, 3.63) is 52.5 Å². The highest BCUT2D eigenvalue weighted by Gasteiger charge is 2.31. The minimum Gasteiger partial charge on any atom is -0.321 e. The third-order valence-corrected chi connectivity index (χ3v) is 4.97. The van der Waals surface area contributed by atoms with Gasteiger partial charge in [-0.15, -0.1) is 23.1 Å². The molecule has 3 nitrogen and oxygen atoms in total. The molecule has 3 heterocycles. The molecule has 1 saturated heterocycles.